The van der Waals surface area contributed by atoms with Crippen molar-refractivity contribution >= 4 is 28.3 Å². The van der Waals surface area contributed by atoms with Crippen molar-refractivity contribution < 1.29 is 24.0 Å². The minimum absolute atomic E-state index is 0.0106. The zero-order valence-corrected chi connectivity index (χ0v) is 11.1. The number of nitrogens with zero attached hydrogens (tertiary/aromatic N) is 2. The van der Waals surface area contributed by atoms with E-state index in [0.717, 1.165) is 6.20 Å². The van der Waals surface area contributed by atoms with Crippen LogP contribution in [0.25, 0.3) is 0 Å². The molecule has 1 aromatic rings. The van der Waals surface area contributed by atoms with Gasteiger partial charge in [-0.3, -0.25) is 19.7 Å². The van der Waals surface area contributed by atoms with Gasteiger partial charge in [0.1, 0.15) is 11.2 Å². The quantitative estimate of drug-likeness (QED) is 0.335. The second-order valence-electron chi connectivity index (χ2n) is 3.23. The van der Waals surface area contributed by atoms with Crippen LogP contribution in [0.15, 0.2) is 6.20 Å². The minimum Gasteiger partial charge on any atom is -0.465 e. The van der Waals surface area contributed by atoms with Gasteiger partial charge < -0.3 is 9.47 Å². The zero-order valence-electron chi connectivity index (χ0n) is 10.3. The van der Waals surface area contributed by atoms with E-state index in [2.05, 4.69) is 4.98 Å². The first kappa shape index (κ1) is 15.0. The Bertz CT molecular complexity index is 468. The lowest BCUT2D eigenvalue weighted by Gasteiger charge is -2.11. The van der Waals surface area contributed by atoms with Crippen LogP contribution >= 0.6 is 11.3 Å². The summed E-state index contributed by atoms with van der Waals surface area (Å²) in [7, 11) is 0. The Balaban J connectivity index is 3.03. The summed E-state index contributed by atoms with van der Waals surface area (Å²) in [5.74, 6) is -3.03. The molecule has 0 saturated carbocycles. The van der Waals surface area contributed by atoms with Crippen molar-refractivity contribution in [1.29, 1.82) is 0 Å². The largest absolute Gasteiger partial charge is 0.465 e. The number of nitro groups is 1. The Morgan fingerprint density at radius 1 is 1.37 bits per heavy atom. The Kier molecular flexibility index (Phi) is 5.37. The van der Waals surface area contributed by atoms with Crippen molar-refractivity contribution in [2.75, 3.05) is 13.2 Å². The molecule has 1 aromatic heterocycles. The fourth-order valence-electron chi connectivity index (χ4n) is 1.25. The van der Waals surface area contributed by atoms with Crippen LogP contribution in [-0.4, -0.2) is 35.1 Å². The van der Waals surface area contributed by atoms with E-state index in [1.807, 2.05) is 0 Å². The van der Waals surface area contributed by atoms with Crippen LogP contribution in [0.5, 0.6) is 0 Å². The number of thiazole rings is 1. The lowest BCUT2D eigenvalue weighted by molar-refractivity contribution is -0.380. The third-order valence-corrected chi connectivity index (χ3v) is 3.00. The van der Waals surface area contributed by atoms with Gasteiger partial charge in [-0.25, -0.2) is 4.98 Å². The highest BCUT2D eigenvalue weighted by atomic mass is 32.1. The fraction of sp³-hybridized carbons (Fsp3) is 0.500. The number of esters is 2. The maximum absolute atomic E-state index is 11.7. The molecule has 0 saturated heterocycles. The Labute approximate surface area is 112 Å². The summed E-state index contributed by atoms with van der Waals surface area (Å²) < 4.78 is 9.51. The molecule has 8 nitrogen and oxygen atoms in total. The SMILES string of the molecule is CCOC(=O)C(C(=O)OCC)c1ncc([N+](=O)[O-])s1. The topological polar surface area (TPSA) is 109 Å². The molecule has 0 unspecified atom stereocenters. The van der Waals surface area contributed by atoms with Gasteiger partial charge in [0.15, 0.2) is 0 Å². The van der Waals surface area contributed by atoms with Gasteiger partial charge in [0.25, 0.3) is 0 Å². The van der Waals surface area contributed by atoms with Crippen LogP contribution in [0.2, 0.25) is 0 Å². The predicted molar refractivity (Wildman–Crippen MR) is 64.8 cm³/mol. The standard InChI is InChI=1S/C10H12N2O6S/c1-3-17-9(13)7(10(14)18-4-2)8-11-5-6(19-8)12(15)16/h5,7H,3-4H2,1-2H3. The van der Waals surface area contributed by atoms with Crippen LogP contribution in [0.1, 0.15) is 24.8 Å². The van der Waals surface area contributed by atoms with E-state index in [9.17, 15) is 19.7 Å². The lowest BCUT2D eigenvalue weighted by atomic mass is 10.1. The number of hydrogen-bond acceptors (Lipinski definition) is 8. The smallest absolute Gasteiger partial charge is 0.343 e. The molecule has 0 radical (unpaired) electrons. The molecule has 0 aromatic carbocycles. The summed E-state index contributed by atoms with van der Waals surface area (Å²) in [5, 5.41) is 10.3. The first-order chi connectivity index (χ1) is 9.01. The van der Waals surface area contributed by atoms with Gasteiger partial charge >= 0.3 is 16.9 Å². The van der Waals surface area contributed by atoms with Crippen molar-refractivity contribution in [2.45, 2.75) is 19.8 Å². The van der Waals surface area contributed by atoms with Gasteiger partial charge in [0.2, 0.25) is 5.92 Å². The van der Waals surface area contributed by atoms with Gasteiger partial charge in [0, 0.05) is 0 Å². The van der Waals surface area contributed by atoms with E-state index in [1.54, 1.807) is 13.8 Å². The number of hydrogen-bond donors (Lipinski definition) is 0. The van der Waals surface area contributed by atoms with Crippen molar-refractivity contribution in [2.24, 2.45) is 0 Å². The van der Waals surface area contributed by atoms with Crippen molar-refractivity contribution in [3.05, 3.63) is 21.3 Å². The van der Waals surface area contributed by atoms with Gasteiger partial charge in [-0.15, -0.1) is 0 Å². The molecule has 0 N–H and O–H groups in total. The summed E-state index contributed by atoms with van der Waals surface area (Å²) in [6, 6.07) is 0. The number of carbonyl (C=O) groups excluding carboxylic acids is 2. The molecule has 1 heterocycles. The van der Waals surface area contributed by atoms with Gasteiger partial charge in [-0.1, -0.05) is 0 Å². The van der Waals surface area contributed by atoms with Crippen LogP contribution in [0.3, 0.4) is 0 Å². The third kappa shape index (κ3) is 3.71. The summed E-state index contributed by atoms with van der Waals surface area (Å²) in [4.78, 5) is 37.1. The average molecular weight is 288 g/mol. The maximum Gasteiger partial charge on any atom is 0.343 e. The van der Waals surface area contributed by atoms with Gasteiger partial charge in [-0.05, 0) is 25.2 Å². The Hall–Kier alpha value is -2.03. The highest BCUT2D eigenvalue weighted by Gasteiger charge is 2.35. The molecule has 0 atom stereocenters. The van der Waals surface area contributed by atoms with Gasteiger partial charge in [-0.2, -0.15) is 0 Å². The molecular weight excluding hydrogens is 276 g/mol. The molecule has 19 heavy (non-hydrogen) atoms. The summed E-state index contributed by atoms with van der Waals surface area (Å²) >= 11 is 0.646. The van der Waals surface area contributed by atoms with E-state index in [0.29, 0.717) is 11.3 Å². The molecule has 0 aliphatic heterocycles. The van der Waals surface area contributed by atoms with E-state index >= 15 is 0 Å². The molecular formula is C10H12N2O6S. The van der Waals surface area contributed by atoms with Crippen LogP contribution in [-0.2, 0) is 19.1 Å². The van der Waals surface area contributed by atoms with Crippen LogP contribution in [0, 0.1) is 10.1 Å². The average Bonchev–Trinajstić information content (AvgIpc) is 2.79. The second kappa shape index (κ2) is 6.78. The number of carbonyl (C=O) groups is 2. The Morgan fingerprint density at radius 3 is 2.26 bits per heavy atom. The van der Waals surface area contributed by atoms with Crippen molar-refractivity contribution in [1.82, 2.24) is 4.98 Å². The highest BCUT2D eigenvalue weighted by Crippen LogP contribution is 2.29. The monoisotopic (exact) mass is 288 g/mol. The van der Waals surface area contributed by atoms with E-state index in [-0.39, 0.29) is 23.2 Å². The normalized spacial score (nSPS) is 10.3. The first-order valence-corrected chi connectivity index (χ1v) is 6.26. The van der Waals surface area contributed by atoms with Crippen molar-refractivity contribution in [3.8, 4) is 0 Å². The molecule has 1 rings (SSSR count). The maximum atomic E-state index is 11.7. The van der Waals surface area contributed by atoms with Crippen LogP contribution in [0.4, 0.5) is 5.00 Å². The van der Waals surface area contributed by atoms with Crippen molar-refractivity contribution in [3.63, 3.8) is 0 Å². The highest BCUT2D eigenvalue weighted by molar-refractivity contribution is 7.15. The fourth-order valence-corrected chi connectivity index (χ4v) is 2.06. The summed E-state index contributed by atoms with van der Waals surface area (Å²) in [5.41, 5.74) is 0. The first-order valence-electron chi connectivity index (χ1n) is 5.44. The summed E-state index contributed by atoms with van der Waals surface area (Å²) in [6.07, 6.45) is 0.992. The number of rotatable bonds is 6. The van der Waals surface area contributed by atoms with Gasteiger partial charge in [0.05, 0.1) is 18.1 Å². The molecule has 0 spiro atoms. The number of ether oxygens (including phenoxy) is 2. The molecule has 104 valence electrons. The lowest BCUT2D eigenvalue weighted by Crippen LogP contribution is -2.26. The summed E-state index contributed by atoms with van der Waals surface area (Å²) in [6.45, 7) is 3.35. The molecule has 0 aliphatic rings. The molecule has 0 aliphatic carbocycles. The Morgan fingerprint density at radius 2 is 1.89 bits per heavy atom. The van der Waals surface area contributed by atoms with E-state index in [4.69, 9.17) is 9.47 Å². The third-order valence-electron chi connectivity index (χ3n) is 1.98. The molecule has 0 amide bonds. The minimum atomic E-state index is -1.38. The zero-order chi connectivity index (χ0) is 14.4. The van der Waals surface area contributed by atoms with E-state index < -0.39 is 22.8 Å². The number of aromatic nitrogens is 1. The predicted octanol–water partition coefficient (Wildman–Crippen LogP) is 1.26. The molecule has 0 fully saturated rings. The van der Waals surface area contributed by atoms with E-state index in [1.165, 1.54) is 0 Å². The van der Waals surface area contributed by atoms with Crippen LogP contribution < -0.4 is 0 Å². The molecule has 9 heteroatoms. The molecule has 0 bridgehead atoms. The second-order valence-corrected chi connectivity index (χ2v) is 4.27.